The van der Waals surface area contributed by atoms with Crippen molar-refractivity contribution >= 4 is 23.5 Å². The van der Waals surface area contributed by atoms with Crippen LogP contribution >= 0.6 is 11.6 Å². The predicted molar refractivity (Wildman–Crippen MR) is 53.9 cm³/mol. The van der Waals surface area contributed by atoms with Gasteiger partial charge in [-0.25, -0.2) is 10.6 Å². The van der Waals surface area contributed by atoms with Gasteiger partial charge in [-0.2, -0.15) is 0 Å². The number of nitrogens with two attached hydrogens (primary N) is 1. The van der Waals surface area contributed by atoms with Gasteiger partial charge in [0.25, 0.3) is 5.91 Å². The molecule has 0 saturated heterocycles. The number of hydrogen-bond donors (Lipinski definition) is 3. The Balaban J connectivity index is 3.25. The van der Waals surface area contributed by atoms with Crippen LogP contribution in [0.4, 0.5) is 0 Å². The van der Waals surface area contributed by atoms with E-state index in [1.807, 2.05) is 0 Å². The molecule has 0 heterocycles. The smallest absolute Gasteiger partial charge is 0.339 e. The average molecular weight is 229 g/mol. The first-order chi connectivity index (χ1) is 7.03. The maximum Gasteiger partial charge on any atom is 0.339 e. The van der Waals surface area contributed by atoms with Gasteiger partial charge in [0, 0.05) is 0 Å². The Morgan fingerprint density at radius 1 is 1.33 bits per heavy atom. The van der Waals surface area contributed by atoms with E-state index in [-0.39, 0.29) is 5.56 Å². The Kier molecular flexibility index (Phi) is 3.28. The molecule has 1 amide bonds. The van der Waals surface area contributed by atoms with E-state index in [4.69, 9.17) is 22.6 Å². The van der Waals surface area contributed by atoms with Gasteiger partial charge >= 0.3 is 5.97 Å². The molecule has 1 rings (SSSR count). The van der Waals surface area contributed by atoms with Gasteiger partial charge in [0.15, 0.2) is 0 Å². The van der Waals surface area contributed by atoms with Crippen molar-refractivity contribution in [2.24, 2.45) is 5.84 Å². The molecule has 0 bridgehead atoms. The monoisotopic (exact) mass is 228 g/mol. The molecular weight excluding hydrogens is 220 g/mol. The zero-order valence-electron chi connectivity index (χ0n) is 7.61. The summed E-state index contributed by atoms with van der Waals surface area (Å²) in [6.07, 6.45) is 0. The molecule has 0 aliphatic carbocycles. The van der Waals surface area contributed by atoms with E-state index >= 15 is 0 Å². The van der Waals surface area contributed by atoms with E-state index in [0.29, 0.717) is 0 Å². The lowest BCUT2D eigenvalue weighted by Crippen LogP contribution is -2.48. The normalized spacial score (nSPS) is 14.0. The van der Waals surface area contributed by atoms with Crippen molar-refractivity contribution in [1.82, 2.24) is 5.43 Å². The number of nitrogens with one attached hydrogen (secondary N) is 1. The van der Waals surface area contributed by atoms with E-state index in [9.17, 15) is 9.59 Å². The number of alkyl halides is 1. The Hall–Kier alpha value is -1.59. The molecule has 0 aromatic heterocycles. The molecule has 15 heavy (non-hydrogen) atoms. The van der Waals surface area contributed by atoms with Crippen LogP contribution in [0.2, 0.25) is 0 Å². The molecule has 6 heteroatoms. The third kappa shape index (κ3) is 1.93. The van der Waals surface area contributed by atoms with Crippen molar-refractivity contribution in [3.05, 3.63) is 35.9 Å². The quantitative estimate of drug-likeness (QED) is 0.226. The zero-order valence-corrected chi connectivity index (χ0v) is 8.36. The minimum atomic E-state index is -2.18. The zero-order chi connectivity index (χ0) is 11.5. The highest BCUT2D eigenvalue weighted by atomic mass is 35.5. The maximum absolute atomic E-state index is 11.3. The molecule has 0 aliphatic heterocycles. The Bertz CT molecular complexity index is 382. The summed E-state index contributed by atoms with van der Waals surface area (Å²) in [5, 5.41) is 8.94. The minimum absolute atomic E-state index is 0.155. The fourth-order valence-electron chi connectivity index (χ4n) is 1.12. The number of hydrogen-bond acceptors (Lipinski definition) is 3. The van der Waals surface area contributed by atoms with Crippen LogP contribution in [-0.2, 0) is 14.5 Å². The minimum Gasteiger partial charge on any atom is -0.479 e. The van der Waals surface area contributed by atoms with E-state index in [1.165, 1.54) is 12.1 Å². The van der Waals surface area contributed by atoms with Crippen LogP contribution in [0.25, 0.3) is 0 Å². The van der Waals surface area contributed by atoms with Crippen molar-refractivity contribution in [2.45, 2.75) is 4.87 Å². The van der Waals surface area contributed by atoms with Crippen LogP contribution in [-0.4, -0.2) is 17.0 Å². The largest absolute Gasteiger partial charge is 0.479 e. The van der Waals surface area contributed by atoms with Gasteiger partial charge in [0.05, 0.1) is 0 Å². The number of carboxylic acid groups (broad SMARTS) is 1. The number of benzene rings is 1. The van der Waals surface area contributed by atoms with Gasteiger partial charge in [0.2, 0.25) is 4.87 Å². The number of carbonyl (C=O) groups is 2. The van der Waals surface area contributed by atoms with E-state index in [1.54, 1.807) is 23.6 Å². The SMILES string of the molecule is NNC(=O)C(Cl)(C(=O)O)c1ccccc1. The van der Waals surface area contributed by atoms with E-state index < -0.39 is 16.8 Å². The van der Waals surface area contributed by atoms with Crippen molar-refractivity contribution < 1.29 is 14.7 Å². The number of carbonyl (C=O) groups excluding carboxylic acids is 1. The first-order valence-corrected chi connectivity index (χ1v) is 4.40. The second-order valence-corrected chi connectivity index (χ2v) is 3.37. The lowest BCUT2D eigenvalue weighted by Gasteiger charge is -2.20. The molecule has 0 spiro atoms. The second kappa shape index (κ2) is 4.29. The van der Waals surface area contributed by atoms with Crippen molar-refractivity contribution in [3.8, 4) is 0 Å². The summed E-state index contributed by atoms with van der Waals surface area (Å²) in [6, 6.07) is 7.73. The number of hydrazine groups is 1. The van der Waals surface area contributed by atoms with Gasteiger partial charge in [-0.1, -0.05) is 41.9 Å². The molecule has 0 aliphatic rings. The first-order valence-electron chi connectivity index (χ1n) is 4.02. The predicted octanol–water partition coefficient (Wildman–Crippen LogP) is 0.195. The van der Waals surface area contributed by atoms with E-state index in [0.717, 1.165) is 0 Å². The summed E-state index contributed by atoms with van der Waals surface area (Å²) in [6.45, 7) is 0. The molecule has 4 N–H and O–H groups in total. The number of amides is 1. The lowest BCUT2D eigenvalue weighted by molar-refractivity contribution is -0.145. The summed E-state index contributed by atoms with van der Waals surface area (Å²) >= 11 is 5.76. The number of aliphatic carboxylic acids is 1. The number of carboxylic acids is 1. The average Bonchev–Trinajstić information content (AvgIpc) is 2.27. The highest BCUT2D eigenvalue weighted by Gasteiger charge is 2.45. The molecule has 1 atom stereocenters. The molecule has 0 radical (unpaired) electrons. The molecule has 1 unspecified atom stereocenters. The molecule has 5 nitrogen and oxygen atoms in total. The fourth-order valence-corrected chi connectivity index (χ4v) is 1.30. The topological polar surface area (TPSA) is 92.4 Å². The summed E-state index contributed by atoms with van der Waals surface area (Å²) in [5.41, 5.74) is 1.89. The standard InChI is InChI=1S/C9H9ClN2O3/c10-9(8(14)15,7(13)12-11)6-4-2-1-3-5-6/h1-5H,11H2,(H,12,13)(H,14,15). The Labute approximate surface area is 90.8 Å². The molecule has 0 fully saturated rings. The summed E-state index contributed by atoms with van der Waals surface area (Å²) < 4.78 is 0. The third-order valence-corrected chi connectivity index (χ3v) is 2.46. The lowest BCUT2D eigenvalue weighted by atomic mass is 9.97. The molecule has 1 aromatic rings. The molecule has 80 valence electrons. The van der Waals surface area contributed by atoms with Crippen LogP contribution in [0.15, 0.2) is 30.3 Å². The third-order valence-electron chi connectivity index (χ3n) is 1.91. The summed E-state index contributed by atoms with van der Waals surface area (Å²) in [5.74, 6) is 2.43. The van der Waals surface area contributed by atoms with Crippen molar-refractivity contribution in [2.75, 3.05) is 0 Å². The van der Waals surface area contributed by atoms with Crippen LogP contribution < -0.4 is 11.3 Å². The number of rotatable bonds is 3. The first kappa shape index (κ1) is 11.5. The second-order valence-electron chi connectivity index (χ2n) is 2.80. The number of halogens is 1. The Morgan fingerprint density at radius 2 is 1.87 bits per heavy atom. The van der Waals surface area contributed by atoms with Gasteiger partial charge in [0.1, 0.15) is 0 Å². The Morgan fingerprint density at radius 3 is 2.27 bits per heavy atom. The van der Waals surface area contributed by atoms with Gasteiger partial charge < -0.3 is 5.11 Å². The maximum atomic E-state index is 11.3. The van der Waals surface area contributed by atoms with Gasteiger partial charge in [-0.3, -0.25) is 10.2 Å². The van der Waals surface area contributed by atoms with Gasteiger partial charge in [-0.15, -0.1) is 0 Å². The van der Waals surface area contributed by atoms with Crippen molar-refractivity contribution in [3.63, 3.8) is 0 Å². The highest BCUT2D eigenvalue weighted by molar-refractivity contribution is 6.44. The molecule has 1 aromatic carbocycles. The summed E-state index contributed by atoms with van der Waals surface area (Å²) in [4.78, 5) is 20.1. The van der Waals surface area contributed by atoms with Crippen LogP contribution in [0, 0.1) is 0 Å². The van der Waals surface area contributed by atoms with Crippen LogP contribution in [0.3, 0.4) is 0 Å². The molecular formula is C9H9ClN2O3. The van der Waals surface area contributed by atoms with Crippen molar-refractivity contribution in [1.29, 1.82) is 0 Å². The van der Waals surface area contributed by atoms with Crippen LogP contribution in [0.1, 0.15) is 5.56 Å². The fraction of sp³-hybridized carbons (Fsp3) is 0.111. The van der Waals surface area contributed by atoms with Gasteiger partial charge in [-0.05, 0) is 5.56 Å². The molecule has 0 saturated carbocycles. The van der Waals surface area contributed by atoms with E-state index in [2.05, 4.69) is 0 Å². The van der Waals surface area contributed by atoms with Crippen LogP contribution in [0.5, 0.6) is 0 Å². The highest BCUT2D eigenvalue weighted by Crippen LogP contribution is 2.29. The summed E-state index contributed by atoms with van der Waals surface area (Å²) in [7, 11) is 0.